The third-order valence-corrected chi connectivity index (χ3v) is 7.13. The van der Waals surface area contributed by atoms with Gasteiger partial charge < -0.3 is 9.84 Å². The molecular weight excluding hydrogens is 447 g/mol. The van der Waals surface area contributed by atoms with E-state index in [0.29, 0.717) is 39.7 Å². The molecule has 0 aliphatic carbocycles. The van der Waals surface area contributed by atoms with Gasteiger partial charge in [0, 0.05) is 34.5 Å². The van der Waals surface area contributed by atoms with Gasteiger partial charge >= 0.3 is 5.69 Å². The number of aliphatic hydroxyl groups is 1. The summed E-state index contributed by atoms with van der Waals surface area (Å²) in [4.78, 5) is 28.2. The number of aromatic nitrogens is 2. The highest BCUT2D eigenvalue weighted by atomic mass is 35.5. The van der Waals surface area contributed by atoms with Crippen LogP contribution < -0.4 is 11.2 Å². The number of benzene rings is 1. The minimum absolute atomic E-state index is 0.102. The van der Waals surface area contributed by atoms with E-state index in [0.717, 1.165) is 16.0 Å². The van der Waals surface area contributed by atoms with Crippen molar-refractivity contribution in [2.24, 2.45) is 0 Å². The fourth-order valence-corrected chi connectivity index (χ4v) is 5.47. The molecule has 3 heterocycles. The second kappa shape index (κ2) is 8.13. The van der Waals surface area contributed by atoms with Crippen molar-refractivity contribution in [1.82, 2.24) is 9.13 Å². The predicted molar refractivity (Wildman–Crippen MR) is 120 cm³/mol. The van der Waals surface area contributed by atoms with Crippen LogP contribution in [-0.4, -0.2) is 26.4 Å². The first kappa shape index (κ1) is 21.6. The number of rotatable bonds is 5. The molecule has 0 atom stereocenters. The Morgan fingerprint density at radius 1 is 1.23 bits per heavy atom. The molecule has 2 aromatic heterocycles. The van der Waals surface area contributed by atoms with Gasteiger partial charge in [-0.25, -0.2) is 4.79 Å². The number of thiophene rings is 1. The molecule has 1 aromatic carbocycles. The number of hydrogen-bond acceptors (Lipinski definition) is 5. The van der Waals surface area contributed by atoms with Crippen LogP contribution in [0.25, 0.3) is 10.2 Å². The van der Waals surface area contributed by atoms with Crippen LogP contribution in [0.4, 0.5) is 0 Å². The standard InChI is InChI=1S/C21H22Cl2N2O4S/c1-21(2)9-14-16(11-29-21)30-19-17(14)18(27)24(6-3-7-26)20(28)25(19)10-12-4-5-13(22)8-15(12)23/h4-5,8,26H,3,6-7,9-11H2,1-2H3. The van der Waals surface area contributed by atoms with Gasteiger partial charge in [0.05, 0.1) is 24.1 Å². The molecule has 0 spiro atoms. The van der Waals surface area contributed by atoms with E-state index in [1.54, 1.807) is 22.8 Å². The maximum Gasteiger partial charge on any atom is 0.332 e. The van der Waals surface area contributed by atoms with Gasteiger partial charge in [0.25, 0.3) is 5.56 Å². The monoisotopic (exact) mass is 468 g/mol. The molecule has 0 saturated carbocycles. The molecule has 30 heavy (non-hydrogen) atoms. The number of halogens is 2. The summed E-state index contributed by atoms with van der Waals surface area (Å²) in [5.41, 5.74) is 0.580. The lowest BCUT2D eigenvalue weighted by molar-refractivity contribution is -0.0379. The lowest BCUT2D eigenvalue weighted by Crippen LogP contribution is -2.40. The quantitative estimate of drug-likeness (QED) is 0.617. The maximum atomic E-state index is 13.3. The Morgan fingerprint density at radius 2 is 2.00 bits per heavy atom. The molecular formula is C21H22Cl2N2O4S. The molecule has 0 saturated heterocycles. The fourth-order valence-electron chi connectivity index (χ4n) is 3.79. The minimum Gasteiger partial charge on any atom is -0.396 e. The molecule has 0 unspecified atom stereocenters. The van der Waals surface area contributed by atoms with E-state index in [2.05, 4.69) is 0 Å². The summed E-state index contributed by atoms with van der Waals surface area (Å²) in [5, 5.41) is 10.8. The van der Waals surface area contributed by atoms with Crippen molar-refractivity contribution in [2.75, 3.05) is 6.61 Å². The van der Waals surface area contributed by atoms with Gasteiger partial charge in [-0.2, -0.15) is 0 Å². The first-order chi connectivity index (χ1) is 14.2. The second-order valence-electron chi connectivity index (χ2n) is 8.05. The van der Waals surface area contributed by atoms with Crippen LogP contribution in [0.5, 0.6) is 0 Å². The first-order valence-corrected chi connectivity index (χ1v) is 11.3. The van der Waals surface area contributed by atoms with Crippen molar-refractivity contribution in [3.8, 4) is 0 Å². The number of ether oxygens (including phenoxy) is 1. The topological polar surface area (TPSA) is 73.5 Å². The molecule has 1 N–H and O–H groups in total. The second-order valence-corrected chi connectivity index (χ2v) is 9.97. The van der Waals surface area contributed by atoms with Crippen LogP contribution in [0.1, 0.15) is 36.3 Å². The van der Waals surface area contributed by atoms with Crippen LogP contribution in [0.15, 0.2) is 27.8 Å². The molecule has 4 rings (SSSR count). The summed E-state index contributed by atoms with van der Waals surface area (Å²) in [6.45, 7) is 4.67. The normalized spacial score (nSPS) is 15.5. The molecule has 1 aliphatic rings. The Kier molecular flexibility index (Phi) is 5.85. The Morgan fingerprint density at radius 3 is 2.70 bits per heavy atom. The summed E-state index contributed by atoms with van der Waals surface area (Å²) in [6.07, 6.45) is 0.917. The molecule has 0 fully saturated rings. The maximum absolute atomic E-state index is 13.3. The lowest BCUT2D eigenvalue weighted by Gasteiger charge is -2.29. The van der Waals surface area contributed by atoms with Gasteiger partial charge in [0.15, 0.2) is 0 Å². The van der Waals surface area contributed by atoms with E-state index >= 15 is 0 Å². The van der Waals surface area contributed by atoms with Crippen LogP contribution in [0.2, 0.25) is 10.0 Å². The van der Waals surface area contributed by atoms with Crippen molar-refractivity contribution >= 4 is 44.8 Å². The molecule has 3 aromatic rings. The predicted octanol–water partition coefficient (Wildman–Crippen LogP) is 3.81. The van der Waals surface area contributed by atoms with Crippen LogP contribution in [-0.2, 0) is 30.9 Å². The van der Waals surface area contributed by atoms with Crippen molar-refractivity contribution in [3.05, 3.63) is 65.1 Å². The molecule has 160 valence electrons. The van der Waals surface area contributed by atoms with E-state index in [-0.39, 0.29) is 30.9 Å². The van der Waals surface area contributed by atoms with Gasteiger partial charge in [0.2, 0.25) is 0 Å². The van der Waals surface area contributed by atoms with Crippen LogP contribution >= 0.6 is 34.5 Å². The SMILES string of the molecule is CC1(C)Cc2c(sc3c2c(=O)n(CCCO)c(=O)n3Cc2ccc(Cl)cc2Cl)CO1. The zero-order valence-corrected chi connectivity index (χ0v) is 19.0. The molecule has 9 heteroatoms. The average Bonchev–Trinajstić information content (AvgIpc) is 3.04. The Bertz CT molecular complexity index is 1240. The number of hydrogen-bond donors (Lipinski definition) is 1. The fraction of sp³-hybridized carbons (Fsp3) is 0.429. The van der Waals surface area contributed by atoms with E-state index < -0.39 is 5.69 Å². The Balaban J connectivity index is 1.97. The van der Waals surface area contributed by atoms with Crippen molar-refractivity contribution in [3.63, 3.8) is 0 Å². The van der Waals surface area contributed by atoms with Crippen molar-refractivity contribution in [2.45, 2.75) is 52.0 Å². The van der Waals surface area contributed by atoms with Crippen LogP contribution in [0, 0.1) is 0 Å². The first-order valence-electron chi connectivity index (χ1n) is 9.68. The Labute approximate surface area is 187 Å². The average molecular weight is 469 g/mol. The highest BCUT2D eigenvalue weighted by Gasteiger charge is 2.32. The van der Waals surface area contributed by atoms with Gasteiger partial charge in [-0.15, -0.1) is 11.3 Å². The van der Waals surface area contributed by atoms with Gasteiger partial charge in [-0.1, -0.05) is 29.3 Å². The molecule has 0 radical (unpaired) electrons. The van der Waals surface area contributed by atoms with E-state index in [4.69, 9.17) is 27.9 Å². The summed E-state index contributed by atoms with van der Waals surface area (Å²) >= 11 is 13.8. The molecule has 0 bridgehead atoms. The van der Waals surface area contributed by atoms with Crippen molar-refractivity contribution in [1.29, 1.82) is 0 Å². The molecule has 1 aliphatic heterocycles. The summed E-state index contributed by atoms with van der Waals surface area (Å²) in [5.74, 6) is 0. The highest BCUT2D eigenvalue weighted by Crippen LogP contribution is 2.37. The lowest BCUT2D eigenvalue weighted by atomic mass is 9.94. The van der Waals surface area contributed by atoms with E-state index in [1.165, 1.54) is 15.9 Å². The molecule has 6 nitrogen and oxygen atoms in total. The highest BCUT2D eigenvalue weighted by molar-refractivity contribution is 7.18. The van der Waals surface area contributed by atoms with E-state index in [1.807, 2.05) is 13.8 Å². The van der Waals surface area contributed by atoms with Crippen LogP contribution in [0.3, 0.4) is 0 Å². The van der Waals surface area contributed by atoms with Gasteiger partial charge in [-0.05, 0) is 43.5 Å². The largest absolute Gasteiger partial charge is 0.396 e. The van der Waals surface area contributed by atoms with Crippen molar-refractivity contribution < 1.29 is 9.84 Å². The smallest absolute Gasteiger partial charge is 0.332 e. The summed E-state index contributed by atoms with van der Waals surface area (Å²) < 4.78 is 8.74. The minimum atomic E-state index is -0.411. The van der Waals surface area contributed by atoms with Gasteiger partial charge in [0.1, 0.15) is 4.83 Å². The third-order valence-electron chi connectivity index (χ3n) is 5.32. The number of fused-ring (bicyclic) bond motifs is 3. The third kappa shape index (κ3) is 3.85. The van der Waals surface area contributed by atoms with Gasteiger partial charge in [-0.3, -0.25) is 13.9 Å². The summed E-state index contributed by atoms with van der Waals surface area (Å²) in [7, 11) is 0. The zero-order valence-electron chi connectivity index (χ0n) is 16.7. The van der Waals surface area contributed by atoms with E-state index in [9.17, 15) is 14.7 Å². The zero-order chi connectivity index (χ0) is 21.6. The Hall–Kier alpha value is -1.64. The summed E-state index contributed by atoms with van der Waals surface area (Å²) in [6, 6.07) is 5.15. The number of nitrogens with zero attached hydrogens (tertiary/aromatic N) is 2. The number of aliphatic hydroxyl groups excluding tert-OH is 1. The molecule has 0 amide bonds.